The number of hydrogen-bond acceptors (Lipinski definition) is 5. The molecule has 0 radical (unpaired) electrons. The van der Waals surface area contributed by atoms with E-state index >= 15 is 0 Å². The van der Waals surface area contributed by atoms with Crippen LogP contribution in [0.1, 0.15) is 52.8 Å². The number of halogens is 1. The summed E-state index contributed by atoms with van der Waals surface area (Å²) in [4.78, 5) is 24.1. The predicted molar refractivity (Wildman–Crippen MR) is 106 cm³/mol. The van der Waals surface area contributed by atoms with Crippen LogP contribution in [0.2, 0.25) is 5.02 Å². The first kappa shape index (κ1) is 20.0. The lowest BCUT2D eigenvalue weighted by molar-refractivity contribution is 0.0600. The Labute approximate surface area is 168 Å². The zero-order valence-electron chi connectivity index (χ0n) is 15.5. The van der Waals surface area contributed by atoms with Crippen LogP contribution in [-0.2, 0) is 4.74 Å². The summed E-state index contributed by atoms with van der Waals surface area (Å²) in [7, 11) is 1.31. The quantitative estimate of drug-likeness (QED) is 0.700. The molecule has 1 fully saturated rings. The van der Waals surface area contributed by atoms with Crippen molar-refractivity contribution in [3.63, 3.8) is 0 Å². The molecule has 3 rings (SSSR count). The Morgan fingerprint density at radius 1 is 1.07 bits per heavy atom. The van der Waals surface area contributed by atoms with Crippen LogP contribution in [-0.4, -0.2) is 30.2 Å². The number of benzene rings is 2. The molecule has 0 bridgehead atoms. The smallest absolute Gasteiger partial charge is 0.337 e. The van der Waals surface area contributed by atoms with Gasteiger partial charge in [-0.25, -0.2) is 4.79 Å². The van der Waals surface area contributed by atoms with E-state index in [1.165, 1.54) is 25.7 Å². The van der Waals surface area contributed by atoms with Crippen molar-refractivity contribution in [2.45, 2.75) is 38.2 Å². The molecule has 28 heavy (non-hydrogen) atoms. The van der Waals surface area contributed by atoms with Gasteiger partial charge in [-0.1, -0.05) is 18.0 Å². The number of anilines is 1. The van der Waals surface area contributed by atoms with E-state index in [2.05, 4.69) is 10.1 Å². The van der Waals surface area contributed by atoms with Crippen LogP contribution in [0.3, 0.4) is 0 Å². The predicted octanol–water partition coefficient (Wildman–Crippen LogP) is 4.80. The summed E-state index contributed by atoms with van der Waals surface area (Å²) in [5.74, 6) is -0.800. The maximum atomic E-state index is 12.6. The molecule has 0 heterocycles. The van der Waals surface area contributed by atoms with E-state index in [4.69, 9.17) is 16.3 Å². The van der Waals surface area contributed by atoms with Gasteiger partial charge in [0.1, 0.15) is 0 Å². The third kappa shape index (κ3) is 4.75. The second-order valence-corrected chi connectivity index (χ2v) is 7.11. The number of amides is 1. The zero-order chi connectivity index (χ0) is 20.1. The second kappa shape index (κ2) is 8.97. The number of carbonyl (C=O) groups excluding carboxylic acids is 2. The van der Waals surface area contributed by atoms with E-state index in [0.29, 0.717) is 11.3 Å². The van der Waals surface area contributed by atoms with E-state index in [9.17, 15) is 14.7 Å². The molecule has 1 aliphatic rings. The Hall–Kier alpha value is -2.73. The van der Waals surface area contributed by atoms with Gasteiger partial charge in [-0.3, -0.25) is 4.79 Å². The van der Waals surface area contributed by atoms with Gasteiger partial charge in [0.2, 0.25) is 0 Å². The molecule has 2 N–H and O–H groups in total. The topological polar surface area (TPSA) is 84.9 Å². The molecule has 1 saturated carbocycles. The maximum absolute atomic E-state index is 12.6. The molecular weight excluding hydrogens is 382 g/mol. The van der Waals surface area contributed by atoms with Crippen molar-refractivity contribution >= 4 is 29.2 Å². The van der Waals surface area contributed by atoms with Crippen molar-refractivity contribution in [3.05, 3.63) is 52.5 Å². The number of ether oxygens (including phenoxy) is 2. The van der Waals surface area contributed by atoms with Crippen LogP contribution >= 0.6 is 11.6 Å². The molecule has 0 atom stereocenters. The van der Waals surface area contributed by atoms with Crippen LogP contribution < -0.4 is 10.1 Å². The summed E-state index contributed by atoms with van der Waals surface area (Å²) in [5, 5.41) is 13.0. The average Bonchev–Trinajstić information content (AvgIpc) is 2.72. The van der Waals surface area contributed by atoms with Gasteiger partial charge in [0.25, 0.3) is 5.91 Å². The SMILES string of the molecule is COC(=O)c1ccc(NC(=O)c2cc(Cl)c(O)c(OC3CCCCC3)c2)cc1. The normalized spacial score (nSPS) is 14.4. The Morgan fingerprint density at radius 3 is 2.39 bits per heavy atom. The van der Waals surface area contributed by atoms with E-state index in [1.54, 1.807) is 24.3 Å². The van der Waals surface area contributed by atoms with Gasteiger partial charge in [-0.2, -0.15) is 0 Å². The second-order valence-electron chi connectivity index (χ2n) is 6.71. The summed E-state index contributed by atoms with van der Waals surface area (Å²) in [6, 6.07) is 9.21. The summed E-state index contributed by atoms with van der Waals surface area (Å²) in [6.07, 6.45) is 5.20. The zero-order valence-corrected chi connectivity index (χ0v) is 16.3. The molecule has 6 nitrogen and oxygen atoms in total. The Kier molecular flexibility index (Phi) is 6.41. The van der Waals surface area contributed by atoms with Crippen molar-refractivity contribution in [1.29, 1.82) is 0 Å². The maximum Gasteiger partial charge on any atom is 0.337 e. The molecule has 0 spiro atoms. The molecule has 2 aromatic rings. The van der Waals surface area contributed by atoms with E-state index in [0.717, 1.165) is 25.7 Å². The van der Waals surface area contributed by atoms with Gasteiger partial charge >= 0.3 is 5.97 Å². The lowest BCUT2D eigenvalue weighted by Gasteiger charge is -2.23. The molecule has 0 aliphatic heterocycles. The highest BCUT2D eigenvalue weighted by Crippen LogP contribution is 2.37. The van der Waals surface area contributed by atoms with Crippen molar-refractivity contribution in [2.75, 3.05) is 12.4 Å². The molecule has 0 saturated heterocycles. The minimum atomic E-state index is -0.451. The van der Waals surface area contributed by atoms with Crippen molar-refractivity contribution < 1.29 is 24.2 Å². The first-order chi connectivity index (χ1) is 13.5. The number of nitrogens with one attached hydrogen (secondary N) is 1. The van der Waals surface area contributed by atoms with Crippen LogP contribution in [0.15, 0.2) is 36.4 Å². The first-order valence-corrected chi connectivity index (χ1v) is 9.54. The highest BCUT2D eigenvalue weighted by atomic mass is 35.5. The van der Waals surface area contributed by atoms with Crippen LogP contribution in [0.5, 0.6) is 11.5 Å². The highest BCUT2D eigenvalue weighted by molar-refractivity contribution is 6.32. The van der Waals surface area contributed by atoms with Gasteiger partial charge in [0, 0.05) is 11.3 Å². The minimum absolute atomic E-state index is 0.0138. The largest absolute Gasteiger partial charge is 0.503 e. The number of aromatic hydroxyl groups is 1. The van der Waals surface area contributed by atoms with Crippen LogP contribution in [0, 0.1) is 0 Å². The number of rotatable bonds is 5. The van der Waals surface area contributed by atoms with Crippen molar-refractivity contribution in [3.8, 4) is 11.5 Å². The van der Waals surface area contributed by atoms with Gasteiger partial charge < -0.3 is 19.9 Å². The molecule has 7 heteroatoms. The Balaban J connectivity index is 1.74. The van der Waals surface area contributed by atoms with E-state index in [1.807, 2.05) is 0 Å². The van der Waals surface area contributed by atoms with E-state index in [-0.39, 0.29) is 28.2 Å². The standard InChI is InChI=1S/C21H22ClNO5/c1-27-21(26)13-7-9-15(10-8-13)23-20(25)14-11-17(22)19(24)18(12-14)28-16-5-3-2-4-6-16/h7-12,16,24H,2-6H2,1H3,(H,23,25). The van der Waals surface area contributed by atoms with Crippen LogP contribution in [0.4, 0.5) is 5.69 Å². The number of methoxy groups -OCH3 is 1. The lowest BCUT2D eigenvalue weighted by Crippen LogP contribution is -2.20. The third-order valence-corrected chi connectivity index (χ3v) is 4.99. The van der Waals surface area contributed by atoms with Gasteiger partial charge in [0.15, 0.2) is 11.5 Å². The molecule has 2 aromatic carbocycles. The van der Waals surface area contributed by atoms with Gasteiger partial charge in [-0.15, -0.1) is 0 Å². The molecule has 0 unspecified atom stereocenters. The Bertz CT molecular complexity index is 860. The molecule has 148 valence electrons. The van der Waals surface area contributed by atoms with Crippen LogP contribution in [0.25, 0.3) is 0 Å². The first-order valence-electron chi connectivity index (χ1n) is 9.17. The summed E-state index contributed by atoms with van der Waals surface area (Å²) in [5.41, 5.74) is 1.17. The number of carbonyl (C=O) groups is 2. The molecular formula is C21H22ClNO5. The number of phenols is 1. The Morgan fingerprint density at radius 2 is 1.75 bits per heavy atom. The average molecular weight is 404 g/mol. The number of hydrogen-bond donors (Lipinski definition) is 2. The van der Waals surface area contributed by atoms with Crippen molar-refractivity contribution in [2.24, 2.45) is 0 Å². The fourth-order valence-corrected chi connectivity index (χ4v) is 3.38. The van der Waals surface area contributed by atoms with E-state index < -0.39 is 11.9 Å². The highest BCUT2D eigenvalue weighted by Gasteiger charge is 2.20. The van der Waals surface area contributed by atoms with Gasteiger partial charge in [-0.05, 0) is 62.1 Å². The van der Waals surface area contributed by atoms with Gasteiger partial charge in [0.05, 0.1) is 23.8 Å². The fraction of sp³-hybridized carbons (Fsp3) is 0.333. The number of phenolic OH excluding ortho intramolecular Hbond substituents is 1. The lowest BCUT2D eigenvalue weighted by atomic mass is 9.98. The molecule has 1 aliphatic carbocycles. The third-order valence-electron chi connectivity index (χ3n) is 4.70. The monoisotopic (exact) mass is 403 g/mol. The summed E-state index contributed by atoms with van der Waals surface area (Å²) >= 11 is 6.09. The minimum Gasteiger partial charge on any atom is -0.503 e. The molecule has 0 aromatic heterocycles. The summed E-state index contributed by atoms with van der Waals surface area (Å²) in [6.45, 7) is 0. The molecule has 1 amide bonds. The van der Waals surface area contributed by atoms with Crippen molar-refractivity contribution in [1.82, 2.24) is 0 Å². The fourth-order valence-electron chi connectivity index (χ4n) is 3.17. The summed E-state index contributed by atoms with van der Waals surface area (Å²) < 4.78 is 10.5. The number of esters is 1.